The van der Waals surface area contributed by atoms with Crippen LogP contribution in [0.1, 0.15) is 21.9 Å². The van der Waals surface area contributed by atoms with Crippen LogP contribution in [0, 0.1) is 6.92 Å². The van der Waals surface area contributed by atoms with E-state index in [2.05, 4.69) is 20.3 Å². The molecule has 148 valence electrons. The number of anilines is 2. The molecule has 1 N–H and O–H groups in total. The van der Waals surface area contributed by atoms with Gasteiger partial charge in [0.05, 0.1) is 0 Å². The molecule has 2 aromatic heterocycles. The van der Waals surface area contributed by atoms with Crippen LogP contribution in [0.3, 0.4) is 0 Å². The average Bonchev–Trinajstić information content (AvgIpc) is 3.20. The lowest BCUT2D eigenvalue weighted by Crippen LogP contribution is -2.23. The largest absolute Gasteiger partial charge is 0.454 e. The van der Waals surface area contributed by atoms with Crippen molar-refractivity contribution in [2.75, 3.05) is 30.6 Å². The Bertz CT molecular complexity index is 1030. The summed E-state index contributed by atoms with van der Waals surface area (Å²) in [7, 11) is 1.95. The third-order valence-electron chi connectivity index (χ3n) is 4.56. The van der Waals surface area contributed by atoms with Gasteiger partial charge < -0.3 is 19.7 Å². The van der Waals surface area contributed by atoms with Crippen LogP contribution >= 0.6 is 0 Å². The summed E-state index contributed by atoms with van der Waals surface area (Å²) in [6.45, 7) is 2.72. The van der Waals surface area contributed by atoms with E-state index in [9.17, 15) is 4.79 Å². The zero-order valence-electron chi connectivity index (χ0n) is 16.3. The van der Waals surface area contributed by atoms with Crippen LogP contribution in [0.5, 0.6) is 11.5 Å². The van der Waals surface area contributed by atoms with Gasteiger partial charge in [0.25, 0.3) is 5.91 Å². The van der Waals surface area contributed by atoms with Crippen LogP contribution in [0.2, 0.25) is 0 Å². The summed E-state index contributed by atoms with van der Waals surface area (Å²) in [5, 5.41) is 2.85. The van der Waals surface area contributed by atoms with Crippen LogP contribution in [0.25, 0.3) is 0 Å². The van der Waals surface area contributed by atoms with Crippen molar-refractivity contribution >= 4 is 17.4 Å². The number of carbonyl (C=O) groups excluding carboxylic acids is 1. The van der Waals surface area contributed by atoms with Crippen molar-refractivity contribution in [3.63, 3.8) is 0 Å². The molecule has 0 saturated carbocycles. The Morgan fingerprint density at radius 2 is 1.90 bits per heavy atom. The predicted molar refractivity (Wildman–Crippen MR) is 108 cm³/mol. The van der Waals surface area contributed by atoms with Crippen molar-refractivity contribution in [3.8, 4) is 11.5 Å². The second kappa shape index (κ2) is 8.14. The maximum Gasteiger partial charge on any atom is 0.274 e. The standard InChI is InChI=1S/C21H21N5O3/c1-14-23-17(21(27)25-16-3-4-18-19(11-16)29-13-28-18)12-20(24-14)26(2)10-7-15-5-8-22-9-6-15/h3-6,8-9,11-12H,7,10,13H2,1-2H3,(H,25,27). The number of fused-ring (bicyclic) bond motifs is 1. The normalized spacial score (nSPS) is 11.9. The molecule has 0 fully saturated rings. The molecule has 8 nitrogen and oxygen atoms in total. The lowest BCUT2D eigenvalue weighted by Gasteiger charge is -2.19. The van der Waals surface area contributed by atoms with Gasteiger partial charge in [0.15, 0.2) is 11.5 Å². The molecule has 0 unspecified atom stereocenters. The third-order valence-corrected chi connectivity index (χ3v) is 4.56. The fourth-order valence-electron chi connectivity index (χ4n) is 2.99. The molecule has 29 heavy (non-hydrogen) atoms. The van der Waals surface area contributed by atoms with E-state index in [0.717, 1.165) is 13.0 Å². The van der Waals surface area contributed by atoms with E-state index < -0.39 is 0 Å². The van der Waals surface area contributed by atoms with Gasteiger partial charge in [-0.25, -0.2) is 9.97 Å². The van der Waals surface area contributed by atoms with E-state index in [1.807, 2.05) is 24.1 Å². The topological polar surface area (TPSA) is 89.5 Å². The molecular formula is C21H21N5O3. The van der Waals surface area contributed by atoms with E-state index in [-0.39, 0.29) is 12.7 Å². The summed E-state index contributed by atoms with van der Waals surface area (Å²) in [6, 6.07) is 10.9. The van der Waals surface area contributed by atoms with E-state index in [1.54, 1.807) is 43.6 Å². The second-order valence-corrected chi connectivity index (χ2v) is 6.71. The molecule has 1 aliphatic heterocycles. The van der Waals surface area contributed by atoms with Crippen LogP contribution in [-0.4, -0.2) is 41.2 Å². The minimum Gasteiger partial charge on any atom is -0.454 e. The number of hydrogen-bond donors (Lipinski definition) is 1. The van der Waals surface area contributed by atoms with Crippen molar-refractivity contribution in [3.05, 3.63) is 65.9 Å². The number of benzene rings is 1. The number of nitrogens with zero attached hydrogens (tertiary/aromatic N) is 4. The maximum atomic E-state index is 12.7. The molecule has 0 bridgehead atoms. The van der Waals surface area contributed by atoms with Crippen LogP contribution in [0.15, 0.2) is 48.8 Å². The fourth-order valence-corrected chi connectivity index (χ4v) is 2.99. The first kappa shape index (κ1) is 18.7. The quantitative estimate of drug-likeness (QED) is 0.691. The Kier molecular flexibility index (Phi) is 5.24. The lowest BCUT2D eigenvalue weighted by molar-refractivity contribution is 0.102. The number of ether oxygens (including phenoxy) is 2. The molecule has 0 radical (unpaired) electrons. The van der Waals surface area contributed by atoms with Gasteiger partial charge in [-0.05, 0) is 43.2 Å². The number of hydrogen-bond acceptors (Lipinski definition) is 7. The Hall–Kier alpha value is -3.68. The molecule has 3 aromatic rings. The van der Waals surface area contributed by atoms with Gasteiger partial charge in [-0.2, -0.15) is 0 Å². The van der Waals surface area contributed by atoms with Gasteiger partial charge in [0.2, 0.25) is 6.79 Å². The average molecular weight is 391 g/mol. The summed E-state index contributed by atoms with van der Waals surface area (Å²) in [5.41, 5.74) is 2.11. The first-order chi connectivity index (χ1) is 14.1. The maximum absolute atomic E-state index is 12.7. The van der Waals surface area contributed by atoms with Crippen molar-refractivity contribution in [1.29, 1.82) is 0 Å². The van der Waals surface area contributed by atoms with Crippen molar-refractivity contribution in [2.24, 2.45) is 0 Å². The number of carbonyl (C=O) groups is 1. The van der Waals surface area contributed by atoms with Crippen molar-refractivity contribution in [2.45, 2.75) is 13.3 Å². The monoisotopic (exact) mass is 391 g/mol. The van der Waals surface area contributed by atoms with Crippen LogP contribution < -0.4 is 19.7 Å². The fraction of sp³-hybridized carbons (Fsp3) is 0.238. The second-order valence-electron chi connectivity index (χ2n) is 6.71. The van der Waals surface area contributed by atoms with Crippen molar-refractivity contribution in [1.82, 2.24) is 15.0 Å². The Balaban J connectivity index is 1.46. The number of likely N-dealkylation sites (N-methyl/N-ethyl adjacent to an activating group) is 1. The SMILES string of the molecule is Cc1nc(C(=O)Nc2ccc3c(c2)OCO3)cc(N(C)CCc2ccncc2)n1. The molecule has 1 aromatic carbocycles. The number of nitrogens with one attached hydrogen (secondary N) is 1. The van der Waals surface area contributed by atoms with Gasteiger partial charge in [0.1, 0.15) is 17.3 Å². The summed E-state index contributed by atoms with van der Waals surface area (Å²) in [5.74, 6) is 2.20. The number of rotatable bonds is 6. The zero-order chi connectivity index (χ0) is 20.2. The molecule has 0 atom stereocenters. The minimum absolute atomic E-state index is 0.188. The highest BCUT2D eigenvalue weighted by Crippen LogP contribution is 2.34. The first-order valence-corrected chi connectivity index (χ1v) is 9.25. The summed E-state index contributed by atoms with van der Waals surface area (Å²) >= 11 is 0. The van der Waals surface area contributed by atoms with E-state index in [0.29, 0.717) is 34.5 Å². The van der Waals surface area contributed by atoms with Crippen LogP contribution in [-0.2, 0) is 6.42 Å². The highest BCUT2D eigenvalue weighted by atomic mass is 16.7. The van der Waals surface area contributed by atoms with Gasteiger partial charge in [0, 0.05) is 43.8 Å². The van der Waals surface area contributed by atoms with Crippen molar-refractivity contribution < 1.29 is 14.3 Å². The number of aryl methyl sites for hydroxylation is 1. The molecule has 8 heteroatoms. The Morgan fingerprint density at radius 3 is 2.72 bits per heavy atom. The summed E-state index contributed by atoms with van der Waals surface area (Å²) < 4.78 is 10.6. The number of pyridine rings is 1. The third kappa shape index (κ3) is 4.43. The molecular weight excluding hydrogens is 370 g/mol. The van der Waals surface area contributed by atoms with Gasteiger partial charge in [-0.15, -0.1) is 0 Å². The van der Waals surface area contributed by atoms with E-state index in [4.69, 9.17) is 9.47 Å². The number of amides is 1. The lowest BCUT2D eigenvalue weighted by atomic mass is 10.2. The van der Waals surface area contributed by atoms with Gasteiger partial charge in [-0.1, -0.05) is 0 Å². The molecule has 0 saturated heterocycles. The van der Waals surface area contributed by atoms with E-state index >= 15 is 0 Å². The first-order valence-electron chi connectivity index (χ1n) is 9.25. The summed E-state index contributed by atoms with van der Waals surface area (Å²) in [4.78, 5) is 27.5. The predicted octanol–water partition coefficient (Wildman–Crippen LogP) is 2.84. The molecule has 3 heterocycles. The highest BCUT2D eigenvalue weighted by Gasteiger charge is 2.16. The van der Waals surface area contributed by atoms with Crippen LogP contribution in [0.4, 0.5) is 11.5 Å². The Morgan fingerprint density at radius 1 is 1.10 bits per heavy atom. The molecule has 0 aliphatic carbocycles. The molecule has 0 spiro atoms. The highest BCUT2D eigenvalue weighted by molar-refractivity contribution is 6.03. The van der Waals surface area contributed by atoms with Gasteiger partial charge >= 0.3 is 0 Å². The number of aromatic nitrogens is 3. The molecule has 1 amide bonds. The summed E-state index contributed by atoms with van der Waals surface area (Å²) in [6.07, 6.45) is 4.41. The molecule has 4 rings (SSSR count). The molecule has 1 aliphatic rings. The van der Waals surface area contributed by atoms with Gasteiger partial charge in [-0.3, -0.25) is 9.78 Å². The smallest absolute Gasteiger partial charge is 0.274 e. The zero-order valence-corrected chi connectivity index (χ0v) is 16.3. The van der Waals surface area contributed by atoms with E-state index in [1.165, 1.54) is 5.56 Å². The minimum atomic E-state index is -0.307. The Labute approximate surface area is 168 Å².